The van der Waals surface area contributed by atoms with Crippen LogP contribution in [0.1, 0.15) is 23.4 Å². The number of thiophene rings is 1. The maximum Gasteiger partial charge on any atom is 0.231 e. The number of guanidine groups is 1. The lowest BCUT2D eigenvalue weighted by Gasteiger charge is -2.33. The first-order valence-electron chi connectivity index (χ1n) is 10.6. The maximum absolute atomic E-state index is 5.54. The van der Waals surface area contributed by atoms with Gasteiger partial charge in [-0.1, -0.05) is 12.1 Å². The van der Waals surface area contributed by atoms with Gasteiger partial charge < -0.3 is 24.8 Å². The molecule has 0 saturated carbocycles. The summed E-state index contributed by atoms with van der Waals surface area (Å²) in [6.45, 7) is 8.23. The van der Waals surface area contributed by atoms with E-state index in [1.54, 1.807) is 11.3 Å². The number of rotatable bonds is 8. The summed E-state index contributed by atoms with van der Waals surface area (Å²) in [6.07, 6.45) is 0.888. The highest BCUT2D eigenvalue weighted by Gasteiger charge is 2.23. The number of hydrogen-bond acceptors (Lipinski definition) is 6. The molecule has 2 aliphatic rings. The van der Waals surface area contributed by atoms with E-state index >= 15 is 0 Å². The molecular weight excluding hydrogens is 400 g/mol. The Hall–Kier alpha value is -2.29. The van der Waals surface area contributed by atoms with Gasteiger partial charge in [0.05, 0.1) is 25.8 Å². The molecule has 1 aromatic heterocycles. The van der Waals surface area contributed by atoms with Crippen LogP contribution in [0.3, 0.4) is 0 Å². The minimum atomic E-state index is 0.290. The fraction of sp³-hybridized carbons (Fsp3) is 0.500. The van der Waals surface area contributed by atoms with Crippen LogP contribution in [0.4, 0.5) is 0 Å². The van der Waals surface area contributed by atoms with Crippen molar-refractivity contribution in [3.8, 4) is 11.5 Å². The van der Waals surface area contributed by atoms with Crippen LogP contribution in [0.5, 0.6) is 11.5 Å². The summed E-state index contributed by atoms with van der Waals surface area (Å²) in [5.41, 5.74) is 1.22. The monoisotopic (exact) mass is 430 g/mol. The Kier molecular flexibility index (Phi) is 7.44. The molecule has 0 spiro atoms. The van der Waals surface area contributed by atoms with Gasteiger partial charge in [-0.05, 0) is 42.5 Å². The van der Waals surface area contributed by atoms with Crippen LogP contribution in [-0.4, -0.2) is 63.6 Å². The van der Waals surface area contributed by atoms with E-state index in [9.17, 15) is 0 Å². The van der Waals surface area contributed by atoms with Crippen LogP contribution < -0.4 is 20.1 Å². The van der Waals surface area contributed by atoms with Crippen molar-refractivity contribution in [1.29, 1.82) is 0 Å². The third kappa shape index (κ3) is 5.44. The van der Waals surface area contributed by atoms with E-state index in [1.165, 1.54) is 10.4 Å². The SMILES string of the molecule is CCNC(=NCC(c1cccs1)N1CCOCC1)NCCc1ccc2c(c1)OCO2. The highest BCUT2D eigenvalue weighted by molar-refractivity contribution is 7.10. The molecule has 8 heteroatoms. The number of nitrogens with zero attached hydrogens (tertiary/aromatic N) is 2. The van der Waals surface area contributed by atoms with Crippen molar-refractivity contribution in [3.05, 3.63) is 46.2 Å². The van der Waals surface area contributed by atoms with Crippen LogP contribution in [0.2, 0.25) is 0 Å². The van der Waals surface area contributed by atoms with Gasteiger partial charge in [0.1, 0.15) is 0 Å². The van der Waals surface area contributed by atoms with Crippen molar-refractivity contribution in [3.63, 3.8) is 0 Å². The lowest BCUT2D eigenvalue weighted by Crippen LogP contribution is -2.42. The Morgan fingerprint density at radius 2 is 2.03 bits per heavy atom. The molecular formula is C22H30N4O3S. The van der Waals surface area contributed by atoms with Crippen LogP contribution in [0.25, 0.3) is 0 Å². The summed E-state index contributed by atoms with van der Waals surface area (Å²) >= 11 is 1.80. The van der Waals surface area contributed by atoms with E-state index in [0.717, 1.165) is 69.8 Å². The zero-order valence-electron chi connectivity index (χ0n) is 17.4. The predicted octanol–water partition coefficient (Wildman–Crippen LogP) is 2.65. The highest BCUT2D eigenvalue weighted by atomic mass is 32.1. The molecule has 30 heavy (non-hydrogen) atoms. The van der Waals surface area contributed by atoms with Gasteiger partial charge in [0.2, 0.25) is 6.79 Å². The number of aliphatic imine (C=N–C) groups is 1. The summed E-state index contributed by atoms with van der Waals surface area (Å²) in [6, 6.07) is 10.7. The minimum Gasteiger partial charge on any atom is -0.454 e. The lowest BCUT2D eigenvalue weighted by atomic mass is 10.1. The van der Waals surface area contributed by atoms with Crippen molar-refractivity contribution in [1.82, 2.24) is 15.5 Å². The molecule has 2 aromatic rings. The number of hydrogen-bond donors (Lipinski definition) is 2. The smallest absolute Gasteiger partial charge is 0.231 e. The average Bonchev–Trinajstić information content (AvgIpc) is 3.46. The van der Waals surface area contributed by atoms with Crippen LogP contribution in [0, 0.1) is 0 Å². The molecule has 2 aliphatic heterocycles. The topological polar surface area (TPSA) is 67.4 Å². The predicted molar refractivity (Wildman–Crippen MR) is 120 cm³/mol. The molecule has 0 bridgehead atoms. The van der Waals surface area contributed by atoms with Gasteiger partial charge in [0.25, 0.3) is 0 Å². The first kappa shape index (κ1) is 21.0. The standard InChI is InChI=1S/C22H30N4O3S/c1-2-23-22(24-8-7-17-5-6-19-20(14-17)29-16-28-19)25-15-18(21-4-3-13-30-21)26-9-11-27-12-10-26/h3-6,13-14,18H,2,7-12,15-16H2,1H3,(H2,23,24,25). The molecule has 0 amide bonds. The van der Waals surface area contributed by atoms with Crippen LogP contribution in [-0.2, 0) is 11.2 Å². The molecule has 2 N–H and O–H groups in total. The molecule has 1 fully saturated rings. The van der Waals surface area contributed by atoms with Gasteiger partial charge in [-0.15, -0.1) is 11.3 Å². The molecule has 162 valence electrons. The Bertz CT molecular complexity index is 822. The Morgan fingerprint density at radius 3 is 2.83 bits per heavy atom. The van der Waals surface area contributed by atoms with E-state index in [2.05, 4.69) is 52.1 Å². The summed E-state index contributed by atoms with van der Waals surface area (Å²) < 4.78 is 16.4. The molecule has 0 radical (unpaired) electrons. The Balaban J connectivity index is 1.35. The Labute approximate surface area is 182 Å². The van der Waals surface area contributed by atoms with Crippen molar-refractivity contribution < 1.29 is 14.2 Å². The molecule has 7 nitrogen and oxygen atoms in total. The zero-order chi connectivity index (χ0) is 20.6. The molecule has 1 saturated heterocycles. The van der Waals surface area contributed by atoms with Gasteiger partial charge in [-0.3, -0.25) is 9.89 Å². The van der Waals surface area contributed by atoms with Gasteiger partial charge in [-0.2, -0.15) is 0 Å². The van der Waals surface area contributed by atoms with E-state index in [4.69, 9.17) is 19.2 Å². The molecule has 3 heterocycles. The van der Waals surface area contributed by atoms with Gasteiger partial charge in [0.15, 0.2) is 17.5 Å². The fourth-order valence-corrected chi connectivity index (χ4v) is 4.55. The second kappa shape index (κ2) is 10.7. The molecule has 4 rings (SSSR count). The van der Waals surface area contributed by atoms with Crippen molar-refractivity contribution >= 4 is 17.3 Å². The minimum absolute atomic E-state index is 0.290. The number of fused-ring (bicyclic) bond motifs is 1. The Morgan fingerprint density at radius 1 is 1.17 bits per heavy atom. The summed E-state index contributed by atoms with van der Waals surface area (Å²) in [7, 11) is 0. The molecule has 1 atom stereocenters. The average molecular weight is 431 g/mol. The van der Waals surface area contributed by atoms with Crippen LogP contribution >= 0.6 is 11.3 Å². The number of morpholine rings is 1. The van der Waals surface area contributed by atoms with Crippen molar-refractivity contribution in [2.75, 3.05) is 52.7 Å². The first-order valence-corrected chi connectivity index (χ1v) is 11.5. The molecule has 1 aromatic carbocycles. The van der Waals surface area contributed by atoms with Gasteiger partial charge in [-0.25, -0.2) is 0 Å². The summed E-state index contributed by atoms with van der Waals surface area (Å²) in [4.78, 5) is 8.75. The number of benzene rings is 1. The second-order valence-corrected chi connectivity index (χ2v) is 8.24. The zero-order valence-corrected chi connectivity index (χ0v) is 18.2. The van der Waals surface area contributed by atoms with E-state index in [1.807, 2.05) is 6.07 Å². The molecule has 1 unspecified atom stereocenters. The number of ether oxygens (including phenoxy) is 3. The maximum atomic E-state index is 5.54. The van der Waals surface area contributed by atoms with E-state index in [0.29, 0.717) is 12.8 Å². The van der Waals surface area contributed by atoms with Crippen molar-refractivity contribution in [2.45, 2.75) is 19.4 Å². The highest BCUT2D eigenvalue weighted by Crippen LogP contribution is 2.32. The summed E-state index contributed by atoms with van der Waals surface area (Å²) in [5, 5.41) is 8.98. The summed E-state index contributed by atoms with van der Waals surface area (Å²) in [5.74, 6) is 2.51. The first-order chi connectivity index (χ1) is 14.8. The van der Waals surface area contributed by atoms with Gasteiger partial charge in [0, 0.05) is 31.1 Å². The van der Waals surface area contributed by atoms with E-state index < -0.39 is 0 Å². The van der Waals surface area contributed by atoms with Gasteiger partial charge >= 0.3 is 0 Å². The van der Waals surface area contributed by atoms with Crippen molar-refractivity contribution in [2.24, 2.45) is 4.99 Å². The lowest BCUT2D eigenvalue weighted by molar-refractivity contribution is 0.0186. The third-order valence-electron chi connectivity index (χ3n) is 5.27. The second-order valence-electron chi connectivity index (χ2n) is 7.26. The van der Waals surface area contributed by atoms with E-state index in [-0.39, 0.29) is 0 Å². The fourth-order valence-electron chi connectivity index (χ4n) is 3.70. The quantitative estimate of drug-likeness (QED) is 0.496. The largest absolute Gasteiger partial charge is 0.454 e. The number of nitrogens with one attached hydrogen (secondary N) is 2. The normalized spacial score (nSPS) is 17.7. The third-order valence-corrected chi connectivity index (χ3v) is 6.24. The van der Waals surface area contributed by atoms with Crippen LogP contribution in [0.15, 0.2) is 40.7 Å². The molecule has 0 aliphatic carbocycles.